The summed E-state index contributed by atoms with van der Waals surface area (Å²) in [6.07, 6.45) is 2.11. The molecule has 1 aliphatic rings. The molecule has 1 aromatic carbocycles. The number of aryl methyl sites for hydroxylation is 1. The fourth-order valence-corrected chi connectivity index (χ4v) is 2.16. The molecule has 2 aromatic rings. The monoisotopic (exact) mass is 316 g/mol. The molecular formula is C16H17ClN4O. The average molecular weight is 317 g/mol. The number of carbonyl (C=O) groups is 1. The summed E-state index contributed by atoms with van der Waals surface area (Å²) >= 11 is 5.86. The Balaban J connectivity index is 1.68. The van der Waals surface area contributed by atoms with E-state index in [1.54, 1.807) is 6.07 Å². The van der Waals surface area contributed by atoms with Crippen molar-refractivity contribution >= 4 is 23.5 Å². The fourth-order valence-electron chi connectivity index (χ4n) is 2.03. The highest BCUT2D eigenvalue weighted by Gasteiger charge is 2.24. The molecule has 1 amide bonds. The molecule has 2 N–H and O–H groups in total. The van der Waals surface area contributed by atoms with Gasteiger partial charge in [0.05, 0.1) is 0 Å². The zero-order valence-electron chi connectivity index (χ0n) is 12.3. The van der Waals surface area contributed by atoms with Gasteiger partial charge in [0, 0.05) is 23.3 Å². The van der Waals surface area contributed by atoms with Gasteiger partial charge in [0.15, 0.2) is 0 Å². The lowest BCUT2D eigenvalue weighted by Gasteiger charge is -2.08. The molecule has 0 atom stereocenters. The highest BCUT2D eigenvalue weighted by atomic mass is 35.5. The summed E-state index contributed by atoms with van der Waals surface area (Å²) in [6.45, 7) is 2.42. The molecule has 0 aliphatic heterocycles. The topological polar surface area (TPSA) is 66.9 Å². The van der Waals surface area contributed by atoms with Crippen LogP contribution in [0.15, 0.2) is 30.3 Å². The maximum Gasteiger partial charge on any atom is 0.270 e. The zero-order chi connectivity index (χ0) is 15.5. The molecule has 1 fully saturated rings. The lowest BCUT2D eigenvalue weighted by molar-refractivity contribution is 0.0946. The fraction of sp³-hybridized carbons (Fsp3) is 0.312. The third-order valence-corrected chi connectivity index (χ3v) is 3.62. The molecular weight excluding hydrogens is 300 g/mol. The second-order valence-corrected chi connectivity index (χ2v) is 5.88. The van der Waals surface area contributed by atoms with E-state index < -0.39 is 0 Å². The van der Waals surface area contributed by atoms with Gasteiger partial charge in [-0.25, -0.2) is 9.97 Å². The van der Waals surface area contributed by atoms with E-state index >= 15 is 0 Å². The van der Waals surface area contributed by atoms with Crippen LogP contribution in [0.5, 0.6) is 0 Å². The number of anilines is 1. The Morgan fingerprint density at radius 2 is 2.00 bits per heavy atom. The number of nitrogens with zero attached hydrogens (tertiary/aromatic N) is 2. The molecule has 114 valence electrons. The molecule has 0 unspecified atom stereocenters. The van der Waals surface area contributed by atoms with E-state index in [2.05, 4.69) is 20.6 Å². The van der Waals surface area contributed by atoms with Crippen molar-refractivity contribution in [2.45, 2.75) is 32.4 Å². The van der Waals surface area contributed by atoms with E-state index in [4.69, 9.17) is 11.6 Å². The lowest BCUT2D eigenvalue weighted by Crippen LogP contribution is -2.26. The number of hydrogen-bond donors (Lipinski definition) is 2. The zero-order valence-corrected chi connectivity index (χ0v) is 13.0. The number of aromatic nitrogens is 2. The number of rotatable bonds is 5. The smallest absolute Gasteiger partial charge is 0.270 e. The second kappa shape index (κ2) is 6.32. The molecule has 0 radical (unpaired) electrons. The first-order valence-corrected chi connectivity index (χ1v) is 7.63. The van der Waals surface area contributed by atoms with E-state index in [-0.39, 0.29) is 5.91 Å². The van der Waals surface area contributed by atoms with Gasteiger partial charge in [-0.05, 0) is 43.5 Å². The van der Waals surface area contributed by atoms with Crippen molar-refractivity contribution in [2.75, 3.05) is 5.32 Å². The van der Waals surface area contributed by atoms with Gasteiger partial charge >= 0.3 is 0 Å². The highest BCUT2D eigenvalue weighted by molar-refractivity contribution is 6.30. The van der Waals surface area contributed by atoms with Crippen LogP contribution in [-0.4, -0.2) is 21.9 Å². The minimum atomic E-state index is -0.137. The Bertz CT molecular complexity index is 683. The summed E-state index contributed by atoms with van der Waals surface area (Å²) in [5, 5.41) is 6.78. The molecule has 0 saturated heterocycles. The van der Waals surface area contributed by atoms with Gasteiger partial charge in [0.2, 0.25) is 5.95 Å². The standard InChI is InChI=1S/C16H17ClN4O/c1-10-8-14(15(22)20-13-6-7-13)21-16(19-10)18-9-11-2-4-12(17)5-3-11/h2-5,8,13H,6-7,9H2,1H3,(H,20,22)(H,18,19,21). The van der Waals surface area contributed by atoms with Gasteiger partial charge in [0.1, 0.15) is 5.69 Å². The van der Waals surface area contributed by atoms with E-state index in [9.17, 15) is 4.79 Å². The second-order valence-electron chi connectivity index (χ2n) is 5.45. The van der Waals surface area contributed by atoms with Gasteiger partial charge < -0.3 is 10.6 Å². The van der Waals surface area contributed by atoms with Crippen molar-refractivity contribution in [2.24, 2.45) is 0 Å². The number of hydrogen-bond acceptors (Lipinski definition) is 4. The van der Waals surface area contributed by atoms with E-state index in [1.807, 2.05) is 31.2 Å². The minimum absolute atomic E-state index is 0.137. The van der Waals surface area contributed by atoms with Crippen LogP contribution in [0.2, 0.25) is 5.02 Å². The maximum atomic E-state index is 12.1. The van der Waals surface area contributed by atoms with Gasteiger partial charge in [-0.3, -0.25) is 4.79 Å². The first-order chi connectivity index (χ1) is 10.6. The molecule has 1 aromatic heterocycles. The van der Waals surface area contributed by atoms with Gasteiger partial charge in [-0.1, -0.05) is 23.7 Å². The van der Waals surface area contributed by atoms with Gasteiger partial charge in [-0.15, -0.1) is 0 Å². The van der Waals surface area contributed by atoms with Crippen molar-refractivity contribution in [3.05, 3.63) is 52.3 Å². The van der Waals surface area contributed by atoms with Crippen molar-refractivity contribution in [1.29, 1.82) is 0 Å². The number of benzene rings is 1. The van der Waals surface area contributed by atoms with Crippen molar-refractivity contribution in [3.8, 4) is 0 Å². The molecule has 5 nitrogen and oxygen atoms in total. The number of halogens is 1. The predicted molar refractivity (Wildman–Crippen MR) is 86.0 cm³/mol. The first-order valence-electron chi connectivity index (χ1n) is 7.25. The minimum Gasteiger partial charge on any atom is -0.350 e. The van der Waals surface area contributed by atoms with Crippen LogP contribution in [0.1, 0.15) is 34.6 Å². The lowest BCUT2D eigenvalue weighted by atomic mass is 10.2. The van der Waals surface area contributed by atoms with Gasteiger partial charge in [0.25, 0.3) is 5.91 Å². The van der Waals surface area contributed by atoms with Crippen LogP contribution >= 0.6 is 11.6 Å². The van der Waals surface area contributed by atoms with E-state index in [1.165, 1.54) is 0 Å². The van der Waals surface area contributed by atoms with Gasteiger partial charge in [-0.2, -0.15) is 0 Å². The first kappa shape index (κ1) is 14.8. The Kier molecular flexibility index (Phi) is 4.24. The Morgan fingerprint density at radius 1 is 1.27 bits per heavy atom. The highest BCUT2D eigenvalue weighted by Crippen LogP contribution is 2.19. The maximum absolute atomic E-state index is 12.1. The van der Waals surface area contributed by atoms with Crippen LogP contribution in [0, 0.1) is 6.92 Å². The molecule has 0 spiro atoms. The average Bonchev–Trinajstić information content (AvgIpc) is 3.30. The molecule has 1 saturated carbocycles. The quantitative estimate of drug-likeness (QED) is 0.890. The Hall–Kier alpha value is -2.14. The summed E-state index contributed by atoms with van der Waals surface area (Å²) in [4.78, 5) is 20.7. The molecule has 1 heterocycles. The summed E-state index contributed by atoms with van der Waals surface area (Å²) in [5.41, 5.74) is 2.23. The third-order valence-electron chi connectivity index (χ3n) is 3.36. The van der Waals surface area contributed by atoms with Crippen molar-refractivity contribution in [3.63, 3.8) is 0 Å². The number of nitrogens with one attached hydrogen (secondary N) is 2. The summed E-state index contributed by atoms with van der Waals surface area (Å²) < 4.78 is 0. The molecule has 22 heavy (non-hydrogen) atoms. The Morgan fingerprint density at radius 3 is 2.68 bits per heavy atom. The summed E-state index contributed by atoms with van der Waals surface area (Å²) in [5.74, 6) is 0.318. The van der Waals surface area contributed by atoms with E-state index in [0.717, 1.165) is 24.1 Å². The largest absolute Gasteiger partial charge is 0.350 e. The molecule has 6 heteroatoms. The number of amides is 1. The predicted octanol–water partition coefficient (Wildman–Crippen LogP) is 2.94. The van der Waals surface area contributed by atoms with Crippen LogP contribution < -0.4 is 10.6 Å². The van der Waals surface area contributed by atoms with Crippen molar-refractivity contribution in [1.82, 2.24) is 15.3 Å². The molecule has 3 rings (SSSR count). The molecule has 1 aliphatic carbocycles. The van der Waals surface area contributed by atoms with E-state index in [0.29, 0.717) is 29.3 Å². The SMILES string of the molecule is Cc1cc(C(=O)NC2CC2)nc(NCc2ccc(Cl)cc2)n1. The third kappa shape index (κ3) is 3.95. The summed E-state index contributed by atoms with van der Waals surface area (Å²) in [6, 6.07) is 9.56. The van der Waals surface area contributed by atoms with Crippen molar-refractivity contribution < 1.29 is 4.79 Å². The normalized spacial score (nSPS) is 13.7. The van der Waals surface area contributed by atoms with Crippen LogP contribution in [0.25, 0.3) is 0 Å². The molecule has 0 bridgehead atoms. The number of carbonyl (C=O) groups excluding carboxylic acids is 1. The Labute approximate surface area is 134 Å². The summed E-state index contributed by atoms with van der Waals surface area (Å²) in [7, 11) is 0. The van der Waals surface area contributed by atoms with Crippen LogP contribution in [-0.2, 0) is 6.54 Å². The van der Waals surface area contributed by atoms with Crippen LogP contribution in [0.3, 0.4) is 0 Å². The van der Waals surface area contributed by atoms with Crippen LogP contribution in [0.4, 0.5) is 5.95 Å².